The summed E-state index contributed by atoms with van der Waals surface area (Å²) < 4.78 is 0. The normalized spacial score (nSPS) is 13.7. The lowest BCUT2D eigenvalue weighted by Crippen LogP contribution is -2.31. The summed E-state index contributed by atoms with van der Waals surface area (Å²) in [6, 6.07) is 7.25. The van der Waals surface area contributed by atoms with Crippen LogP contribution in [0.5, 0.6) is 0 Å². The molecule has 0 heterocycles. The van der Waals surface area contributed by atoms with Crippen molar-refractivity contribution in [1.82, 2.24) is 10.6 Å². The minimum Gasteiger partial charge on any atom is -0.481 e. The van der Waals surface area contributed by atoms with Crippen molar-refractivity contribution in [3.63, 3.8) is 0 Å². The van der Waals surface area contributed by atoms with Crippen molar-refractivity contribution in [3.05, 3.63) is 29.8 Å². The lowest BCUT2D eigenvalue weighted by Gasteiger charge is -2.08. The first-order valence-corrected chi connectivity index (χ1v) is 7.22. The molecule has 0 atom stereocenters. The van der Waals surface area contributed by atoms with Gasteiger partial charge in [0.1, 0.15) is 0 Å². The van der Waals surface area contributed by atoms with Gasteiger partial charge >= 0.3 is 12.0 Å². The van der Waals surface area contributed by atoms with E-state index in [1.165, 1.54) is 12.8 Å². The van der Waals surface area contributed by atoms with Gasteiger partial charge in [-0.15, -0.1) is 0 Å². The highest BCUT2D eigenvalue weighted by Crippen LogP contribution is 2.18. The lowest BCUT2D eigenvalue weighted by atomic mass is 10.1. The van der Waals surface area contributed by atoms with Crippen molar-refractivity contribution in [3.8, 4) is 0 Å². The van der Waals surface area contributed by atoms with E-state index < -0.39 is 5.97 Å². The third-order valence-corrected chi connectivity index (χ3v) is 3.22. The molecule has 2 amide bonds. The van der Waals surface area contributed by atoms with Gasteiger partial charge in [0.2, 0.25) is 0 Å². The summed E-state index contributed by atoms with van der Waals surface area (Å²) in [5.41, 5.74) is 1.36. The average molecular weight is 291 g/mol. The second-order valence-corrected chi connectivity index (χ2v) is 5.23. The van der Waals surface area contributed by atoms with Crippen LogP contribution in [0.15, 0.2) is 24.3 Å². The van der Waals surface area contributed by atoms with Crippen LogP contribution in [-0.2, 0) is 11.2 Å². The first-order valence-electron chi connectivity index (χ1n) is 7.22. The Hall–Kier alpha value is -2.08. The van der Waals surface area contributed by atoms with Crippen LogP contribution >= 0.6 is 0 Å². The van der Waals surface area contributed by atoms with E-state index in [2.05, 4.69) is 16.0 Å². The number of aliphatic carboxylic acids is 1. The van der Waals surface area contributed by atoms with Gasteiger partial charge in [-0.1, -0.05) is 12.1 Å². The SMILES string of the molecule is O=C(O)Cc1ccc(NC(=O)NCCCNC2CC2)cc1. The van der Waals surface area contributed by atoms with Crippen LogP contribution in [0.4, 0.5) is 10.5 Å². The first kappa shape index (κ1) is 15.3. The molecule has 1 saturated carbocycles. The number of rotatable bonds is 8. The number of urea groups is 1. The Bertz CT molecular complexity index is 483. The maximum absolute atomic E-state index is 11.6. The van der Waals surface area contributed by atoms with Crippen molar-refractivity contribution >= 4 is 17.7 Å². The summed E-state index contributed by atoms with van der Waals surface area (Å²) in [7, 11) is 0. The van der Waals surface area contributed by atoms with E-state index in [0.29, 0.717) is 23.8 Å². The third-order valence-electron chi connectivity index (χ3n) is 3.22. The Morgan fingerprint density at radius 2 is 1.86 bits per heavy atom. The number of benzene rings is 1. The number of carboxylic acids is 1. The molecule has 0 aromatic heterocycles. The van der Waals surface area contributed by atoms with Crippen LogP contribution in [0.25, 0.3) is 0 Å². The molecule has 6 nitrogen and oxygen atoms in total. The molecule has 1 aromatic rings. The molecule has 0 aliphatic heterocycles. The van der Waals surface area contributed by atoms with Crippen molar-refractivity contribution in [2.75, 3.05) is 18.4 Å². The smallest absolute Gasteiger partial charge is 0.319 e. The van der Waals surface area contributed by atoms with Gasteiger partial charge in [-0.3, -0.25) is 4.79 Å². The Kier molecular flexibility index (Phi) is 5.57. The van der Waals surface area contributed by atoms with E-state index in [4.69, 9.17) is 5.11 Å². The van der Waals surface area contributed by atoms with E-state index in [1.54, 1.807) is 24.3 Å². The topological polar surface area (TPSA) is 90.5 Å². The summed E-state index contributed by atoms with van der Waals surface area (Å²) in [6.45, 7) is 1.55. The molecular weight excluding hydrogens is 270 g/mol. The predicted octanol–water partition coefficient (Wildman–Crippen LogP) is 1.58. The molecule has 0 unspecified atom stereocenters. The number of carbonyl (C=O) groups excluding carboxylic acids is 1. The molecular formula is C15H21N3O3. The van der Waals surface area contributed by atoms with Crippen LogP contribution < -0.4 is 16.0 Å². The van der Waals surface area contributed by atoms with Crippen LogP contribution in [0.1, 0.15) is 24.8 Å². The van der Waals surface area contributed by atoms with Gasteiger partial charge in [-0.25, -0.2) is 4.79 Å². The summed E-state index contributed by atoms with van der Waals surface area (Å²) >= 11 is 0. The zero-order valence-corrected chi connectivity index (χ0v) is 11.9. The maximum Gasteiger partial charge on any atom is 0.319 e. The van der Waals surface area contributed by atoms with Crippen molar-refractivity contribution in [2.24, 2.45) is 0 Å². The largest absolute Gasteiger partial charge is 0.481 e. The Balaban J connectivity index is 1.63. The summed E-state index contributed by atoms with van der Waals surface area (Å²) in [4.78, 5) is 22.2. The fraction of sp³-hybridized carbons (Fsp3) is 0.467. The molecule has 1 aromatic carbocycles. The molecule has 4 N–H and O–H groups in total. The minimum absolute atomic E-state index is 0.0134. The third kappa shape index (κ3) is 6.27. The minimum atomic E-state index is -0.867. The van der Waals surface area contributed by atoms with Crippen LogP contribution in [0, 0.1) is 0 Å². The monoisotopic (exact) mass is 291 g/mol. The molecule has 114 valence electrons. The molecule has 2 rings (SSSR count). The maximum atomic E-state index is 11.6. The second-order valence-electron chi connectivity index (χ2n) is 5.23. The highest BCUT2D eigenvalue weighted by Gasteiger charge is 2.19. The average Bonchev–Trinajstić information content (AvgIpc) is 3.24. The molecule has 1 aliphatic carbocycles. The van der Waals surface area contributed by atoms with Crippen molar-refractivity contribution in [2.45, 2.75) is 31.7 Å². The van der Waals surface area contributed by atoms with Gasteiger partial charge < -0.3 is 21.1 Å². The van der Waals surface area contributed by atoms with Crippen LogP contribution in [-0.4, -0.2) is 36.2 Å². The molecule has 1 aliphatic rings. The van der Waals surface area contributed by atoms with Gasteiger partial charge in [-0.05, 0) is 43.5 Å². The van der Waals surface area contributed by atoms with Crippen LogP contribution in [0.2, 0.25) is 0 Å². The number of anilines is 1. The van der Waals surface area contributed by atoms with Gasteiger partial charge in [0, 0.05) is 18.3 Å². The number of amides is 2. The van der Waals surface area contributed by atoms with E-state index in [0.717, 1.165) is 13.0 Å². The summed E-state index contributed by atoms with van der Waals surface area (Å²) in [5.74, 6) is -0.867. The second kappa shape index (κ2) is 7.64. The van der Waals surface area contributed by atoms with E-state index >= 15 is 0 Å². The molecule has 0 saturated heterocycles. The number of nitrogens with one attached hydrogen (secondary N) is 3. The quantitative estimate of drug-likeness (QED) is 0.547. The number of carboxylic acid groups (broad SMARTS) is 1. The van der Waals surface area contributed by atoms with Crippen LogP contribution in [0.3, 0.4) is 0 Å². The highest BCUT2D eigenvalue weighted by molar-refractivity contribution is 5.89. The van der Waals surface area contributed by atoms with Crippen molar-refractivity contribution in [1.29, 1.82) is 0 Å². The molecule has 6 heteroatoms. The Morgan fingerprint density at radius 3 is 2.48 bits per heavy atom. The molecule has 21 heavy (non-hydrogen) atoms. The van der Waals surface area contributed by atoms with Gasteiger partial charge in [0.15, 0.2) is 0 Å². The fourth-order valence-corrected chi connectivity index (χ4v) is 1.94. The molecule has 0 radical (unpaired) electrons. The molecule has 0 bridgehead atoms. The molecule has 0 spiro atoms. The zero-order chi connectivity index (χ0) is 15.1. The predicted molar refractivity (Wildman–Crippen MR) is 80.4 cm³/mol. The number of carbonyl (C=O) groups is 2. The van der Waals surface area contributed by atoms with Crippen molar-refractivity contribution < 1.29 is 14.7 Å². The highest BCUT2D eigenvalue weighted by atomic mass is 16.4. The van der Waals surface area contributed by atoms with E-state index in [9.17, 15) is 9.59 Å². The van der Waals surface area contributed by atoms with Gasteiger partial charge in [0.25, 0.3) is 0 Å². The summed E-state index contributed by atoms with van der Waals surface area (Å²) in [5, 5.41) is 17.6. The Labute approximate surface area is 123 Å². The van der Waals surface area contributed by atoms with E-state index in [-0.39, 0.29) is 12.5 Å². The van der Waals surface area contributed by atoms with Gasteiger partial charge in [0.05, 0.1) is 6.42 Å². The van der Waals surface area contributed by atoms with E-state index in [1.807, 2.05) is 0 Å². The zero-order valence-electron chi connectivity index (χ0n) is 11.9. The molecule has 1 fully saturated rings. The Morgan fingerprint density at radius 1 is 1.14 bits per heavy atom. The lowest BCUT2D eigenvalue weighted by molar-refractivity contribution is -0.136. The first-order chi connectivity index (χ1) is 10.1. The number of hydrogen-bond donors (Lipinski definition) is 4. The van der Waals surface area contributed by atoms with Gasteiger partial charge in [-0.2, -0.15) is 0 Å². The number of hydrogen-bond acceptors (Lipinski definition) is 3. The summed E-state index contributed by atoms with van der Waals surface area (Å²) in [6.07, 6.45) is 3.43. The standard InChI is InChI=1S/C15H21N3O3/c19-14(20)10-11-2-4-13(5-3-11)18-15(21)17-9-1-8-16-12-6-7-12/h2-5,12,16H,1,6-10H2,(H,19,20)(H2,17,18,21). The fourth-order valence-electron chi connectivity index (χ4n) is 1.94.